The zero-order valence-corrected chi connectivity index (χ0v) is 11.2. The first-order valence-electron chi connectivity index (χ1n) is 6.94. The Bertz CT molecular complexity index is 578. The summed E-state index contributed by atoms with van der Waals surface area (Å²) in [5, 5.41) is 4.12. The largest absolute Gasteiger partial charge is 0.339 e. The molecule has 1 atom stereocenters. The van der Waals surface area contributed by atoms with Gasteiger partial charge in [-0.05, 0) is 36.8 Å². The van der Waals surface area contributed by atoms with Gasteiger partial charge in [-0.15, -0.1) is 0 Å². The van der Waals surface area contributed by atoms with E-state index in [2.05, 4.69) is 35.3 Å². The first-order chi connectivity index (χ1) is 9.24. The lowest BCUT2D eigenvalue weighted by Gasteiger charge is -2.32. The van der Waals surface area contributed by atoms with E-state index < -0.39 is 5.54 Å². The molecule has 1 aromatic carbocycles. The predicted octanol–water partition coefficient (Wildman–Crippen LogP) is 2.56. The van der Waals surface area contributed by atoms with Gasteiger partial charge in [0.05, 0.1) is 0 Å². The minimum atomic E-state index is -0.593. The number of aromatic nitrogens is 2. The lowest BCUT2D eigenvalue weighted by molar-refractivity contribution is 0.348. The van der Waals surface area contributed by atoms with Crippen molar-refractivity contribution in [2.75, 3.05) is 0 Å². The van der Waals surface area contributed by atoms with Crippen LogP contribution in [-0.4, -0.2) is 10.1 Å². The normalized spacial score (nSPS) is 22.2. The van der Waals surface area contributed by atoms with E-state index in [1.165, 1.54) is 5.56 Å². The number of nitrogens with two attached hydrogens (primary N) is 1. The Labute approximate surface area is 113 Å². The standard InChI is InChI=1S/C15H19N3O/c1-2-6-13-17-14(18-19-13)15(16)10-5-8-11-7-3-4-9-12(11)15/h3-4,7,9H,2,5-6,8,10,16H2,1H3. The second-order valence-electron chi connectivity index (χ2n) is 5.24. The summed E-state index contributed by atoms with van der Waals surface area (Å²) in [7, 11) is 0. The molecule has 0 amide bonds. The fourth-order valence-electron chi connectivity index (χ4n) is 2.85. The van der Waals surface area contributed by atoms with Crippen molar-refractivity contribution in [2.45, 2.75) is 44.6 Å². The van der Waals surface area contributed by atoms with E-state index >= 15 is 0 Å². The number of benzene rings is 1. The Morgan fingerprint density at radius 3 is 3.05 bits per heavy atom. The van der Waals surface area contributed by atoms with Crippen molar-refractivity contribution >= 4 is 0 Å². The van der Waals surface area contributed by atoms with Crippen LogP contribution in [0.1, 0.15) is 49.0 Å². The Morgan fingerprint density at radius 1 is 1.37 bits per heavy atom. The summed E-state index contributed by atoms with van der Waals surface area (Å²) in [6.07, 6.45) is 4.82. The van der Waals surface area contributed by atoms with E-state index in [0.717, 1.165) is 37.7 Å². The van der Waals surface area contributed by atoms with Crippen LogP contribution in [0.3, 0.4) is 0 Å². The van der Waals surface area contributed by atoms with Crippen LogP contribution in [0.4, 0.5) is 0 Å². The number of hydrogen-bond donors (Lipinski definition) is 1. The molecule has 0 radical (unpaired) electrons. The maximum Gasteiger partial charge on any atom is 0.226 e. The lowest BCUT2D eigenvalue weighted by Crippen LogP contribution is -2.42. The molecule has 0 bridgehead atoms. The van der Waals surface area contributed by atoms with Gasteiger partial charge < -0.3 is 10.3 Å². The highest BCUT2D eigenvalue weighted by Crippen LogP contribution is 2.37. The fraction of sp³-hybridized carbons (Fsp3) is 0.467. The Morgan fingerprint density at radius 2 is 2.21 bits per heavy atom. The maximum atomic E-state index is 6.62. The van der Waals surface area contributed by atoms with Gasteiger partial charge >= 0.3 is 0 Å². The van der Waals surface area contributed by atoms with E-state index in [4.69, 9.17) is 10.3 Å². The maximum absolute atomic E-state index is 6.62. The second kappa shape index (κ2) is 4.78. The molecule has 1 heterocycles. The van der Waals surface area contributed by atoms with Gasteiger partial charge in [-0.2, -0.15) is 4.98 Å². The lowest BCUT2D eigenvalue weighted by atomic mass is 9.77. The summed E-state index contributed by atoms with van der Waals surface area (Å²) in [6.45, 7) is 2.10. The van der Waals surface area contributed by atoms with Crippen molar-refractivity contribution < 1.29 is 4.52 Å². The summed E-state index contributed by atoms with van der Waals surface area (Å²) < 4.78 is 5.30. The molecule has 3 rings (SSSR count). The summed E-state index contributed by atoms with van der Waals surface area (Å²) >= 11 is 0. The Kier molecular flexibility index (Phi) is 3.11. The predicted molar refractivity (Wildman–Crippen MR) is 72.6 cm³/mol. The van der Waals surface area contributed by atoms with Crippen LogP contribution in [0.2, 0.25) is 0 Å². The molecule has 0 saturated carbocycles. The fourth-order valence-corrected chi connectivity index (χ4v) is 2.85. The van der Waals surface area contributed by atoms with Gasteiger partial charge in [0.2, 0.25) is 5.89 Å². The van der Waals surface area contributed by atoms with Crippen molar-refractivity contribution in [2.24, 2.45) is 5.73 Å². The van der Waals surface area contributed by atoms with Gasteiger partial charge in [0.1, 0.15) is 5.54 Å². The molecule has 1 aliphatic rings. The minimum absolute atomic E-state index is 0.593. The molecular formula is C15H19N3O. The van der Waals surface area contributed by atoms with E-state index in [9.17, 15) is 0 Å². The molecule has 2 N–H and O–H groups in total. The molecule has 2 aromatic rings. The van der Waals surface area contributed by atoms with E-state index in [1.54, 1.807) is 0 Å². The number of fused-ring (bicyclic) bond motifs is 1. The van der Waals surface area contributed by atoms with Crippen molar-refractivity contribution in [3.8, 4) is 0 Å². The molecular weight excluding hydrogens is 238 g/mol. The minimum Gasteiger partial charge on any atom is -0.339 e. The first-order valence-corrected chi connectivity index (χ1v) is 6.94. The monoisotopic (exact) mass is 257 g/mol. The van der Waals surface area contributed by atoms with Gasteiger partial charge in [0.15, 0.2) is 5.82 Å². The smallest absolute Gasteiger partial charge is 0.226 e. The van der Waals surface area contributed by atoms with Gasteiger partial charge in [0.25, 0.3) is 0 Å². The van der Waals surface area contributed by atoms with Crippen LogP contribution >= 0.6 is 0 Å². The third kappa shape index (κ3) is 2.06. The second-order valence-corrected chi connectivity index (χ2v) is 5.24. The van der Waals surface area contributed by atoms with Gasteiger partial charge in [-0.25, -0.2) is 0 Å². The van der Waals surface area contributed by atoms with Crippen molar-refractivity contribution in [1.29, 1.82) is 0 Å². The van der Waals surface area contributed by atoms with Gasteiger partial charge in [-0.3, -0.25) is 0 Å². The average molecular weight is 257 g/mol. The molecule has 0 fully saturated rings. The zero-order chi connectivity index (χ0) is 13.3. The highest BCUT2D eigenvalue weighted by Gasteiger charge is 2.38. The molecule has 4 nitrogen and oxygen atoms in total. The number of aryl methyl sites for hydroxylation is 2. The highest BCUT2D eigenvalue weighted by molar-refractivity contribution is 5.40. The molecule has 0 spiro atoms. The summed E-state index contributed by atoms with van der Waals surface area (Å²) in [5.74, 6) is 1.31. The number of nitrogens with zero attached hydrogens (tertiary/aromatic N) is 2. The van der Waals surface area contributed by atoms with E-state index in [0.29, 0.717) is 11.7 Å². The molecule has 1 aliphatic carbocycles. The molecule has 4 heteroatoms. The Balaban J connectivity index is 2.03. The van der Waals surface area contributed by atoms with Crippen molar-refractivity contribution in [3.05, 3.63) is 47.1 Å². The van der Waals surface area contributed by atoms with Crippen LogP contribution in [0.5, 0.6) is 0 Å². The average Bonchev–Trinajstić information content (AvgIpc) is 2.89. The summed E-state index contributed by atoms with van der Waals surface area (Å²) in [6, 6.07) is 8.32. The van der Waals surface area contributed by atoms with Gasteiger partial charge in [0, 0.05) is 6.42 Å². The quantitative estimate of drug-likeness (QED) is 0.917. The van der Waals surface area contributed by atoms with E-state index in [1.807, 2.05) is 6.07 Å². The highest BCUT2D eigenvalue weighted by atomic mass is 16.5. The third-order valence-corrected chi connectivity index (χ3v) is 3.85. The zero-order valence-electron chi connectivity index (χ0n) is 11.2. The summed E-state index contributed by atoms with van der Waals surface area (Å²) in [4.78, 5) is 4.49. The first kappa shape index (κ1) is 12.4. The van der Waals surface area contributed by atoms with Crippen LogP contribution in [0.25, 0.3) is 0 Å². The summed E-state index contributed by atoms with van der Waals surface area (Å²) in [5.41, 5.74) is 8.47. The Hall–Kier alpha value is -1.68. The third-order valence-electron chi connectivity index (χ3n) is 3.85. The molecule has 1 unspecified atom stereocenters. The molecule has 0 aliphatic heterocycles. The van der Waals surface area contributed by atoms with Crippen LogP contribution < -0.4 is 5.73 Å². The molecule has 19 heavy (non-hydrogen) atoms. The van der Waals surface area contributed by atoms with Crippen molar-refractivity contribution in [3.63, 3.8) is 0 Å². The molecule has 100 valence electrons. The molecule has 0 saturated heterocycles. The van der Waals surface area contributed by atoms with Crippen molar-refractivity contribution in [1.82, 2.24) is 10.1 Å². The molecule has 1 aromatic heterocycles. The van der Waals surface area contributed by atoms with Crippen LogP contribution in [0.15, 0.2) is 28.8 Å². The SMILES string of the molecule is CCCc1nc(C2(N)CCCc3ccccc32)no1. The van der Waals surface area contributed by atoms with Crippen LogP contribution in [-0.2, 0) is 18.4 Å². The topological polar surface area (TPSA) is 64.9 Å². The number of hydrogen-bond acceptors (Lipinski definition) is 4. The van der Waals surface area contributed by atoms with Crippen LogP contribution in [0, 0.1) is 0 Å². The van der Waals surface area contributed by atoms with E-state index in [-0.39, 0.29) is 0 Å². The number of rotatable bonds is 3. The van der Waals surface area contributed by atoms with Gasteiger partial charge in [-0.1, -0.05) is 36.3 Å².